The van der Waals surface area contributed by atoms with Crippen molar-refractivity contribution in [3.8, 4) is 0 Å². The average Bonchev–Trinajstić information content (AvgIpc) is 2.07. The quantitative estimate of drug-likeness (QED) is 0.606. The van der Waals surface area contributed by atoms with Crippen LogP contribution in [0.3, 0.4) is 0 Å². The van der Waals surface area contributed by atoms with Gasteiger partial charge in [-0.25, -0.2) is 0 Å². The van der Waals surface area contributed by atoms with E-state index in [1.165, 1.54) is 0 Å². The van der Waals surface area contributed by atoms with Gasteiger partial charge >= 0.3 is 0 Å². The number of rotatable bonds is 4. The number of nitrogens with zero attached hydrogens (tertiary/aromatic N) is 1. The lowest BCUT2D eigenvalue weighted by molar-refractivity contribution is 0.163. The van der Waals surface area contributed by atoms with Crippen LogP contribution in [0.5, 0.6) is 0 Å². The SMILES string of the molecule is NCCOCC1=CCCC=N1. The first-order valence-electron chi connectivity index (χ1n) is 3.93. The molecule has 3 heteroatoms. The van der Waals surface area contributed by atoms with Gasteiger partial charge in [-0.05, 0) is 12.8 Å². The van der Waals surface area contributed by atoms with Crippen molar-refractivity contribution in [3.05, 3.63) is 11.8 Å². The molecule has 0 aromatic rings. The van der Waals surface area contributed by atoms with Crippen molar-refractivity contribution in [1.29, 1.82) is 0 Å². The van der Waals surface area contributed by atoms with E-state index >= 15 is 0 Å². The fourth-order valence-electron chi connectivity index (χ4n) is 0.915. The lowest BCUT2D eigenvalue weighted by atomic mass is 10.2. The highest BCUT2D eigenvalue weighted by Gasteiger charge is 1.97. The third-order valence-corrected chi connectivity index (χ3v) is 1.44. The molecular formula is C8H14N2O. The van der Waals surface area contributed by atoms with E-state index in [-0.39, 0.29) is 0 Å². The zero-order valence-corrected chi connectivity index (χ0v) is 6.62. The van der Waals surface area contributed by atoms with Crippen LogP contribution >= 0.6 is 0 Å². The predicted molar refractivity (Wildman–Crippen MR) is 45.7 cm³/mol. The molecule has 62 valence electrons. The molecule has 1 aliphatic rings. The minimum atomic E-state index is 0.580. The van der Waals surface area contributed by atoms with Gasteiger partial charge < -0.3 is 10.5 Å². The van der Waals surface area contributed by atoms with Crippen molar-refractivity contribution in [3.63, 3.8) is 0 Å². The number of hydrogen-bond acceptors (Lipinski definition) is 3. The maximum atomic E-state index is 5.26. The summed E-state index contributed by atoms with van der Waals surface area (Å²) in [7, 11) is 0. The van der Waals surface area contributed by atoms with E-state index < -0.39 is 0 Å². The van der Waals surface area contributed by atoms with Crippen LogP contribution in [0.15, 0.2) is 16.8 Å². The smallest absolute Gasteiger partial charge is 0.0885 e. The van der Waals surface area contributed by atoms with Crippen LogP contribution in [-0.2, 0) is 4.74 Å². The van der Waals surface area contributed by atoms with Crippen LogP contribution in [0.1, 0.15) is 12.8 Å². The molecule has 3 nitrogen and oxygen atoms in total. The Kier molecular flexibility index (Phi) is 3.86. The first-order chi connectivity index (χ1) is 5.43. The molecule has 1 heterocycles. The van der Waals surface area contributed by atoms with Gasteiger partial charge in [-0.3, -0.25) is 4.99 Å². The fourth-order valence-corrected chi connectivity index (χ4v) is 0.915. The summed E-state index contributed by atoms with van der Waals surface area (Å²) in [6.07, 6.45) is 6.18. The van der Waals surface area contributed by atoms with Gasteiger partial charge in [0.15, 0.2) is 0 Å². The minimum absolute atomic E-state index is 0.580. The van der Waals surface area contributed by atoms with Crippen molar-refractivity contribution in [1.82, 2.24) is 0 Å². The minimum Gasteiger partial charge on any atom is -0.374 e. The second-order valence-electron chi connectivity index (χ2n) is 2.43. The van der Waals surface area contributed by atoms with Crippen LogP contribution < -0.4 is 5.73 Å². The normalized spacial score (nSPS) is 16.6. The number of hydrogen-bond donors (Lipinski definition) is 1. The molecule has 2 N–H and O–H groups in total. The molecule has 0 spiro atoms. The average molecular weight is 154 g/mol. The maximum absolute atomic E-state index is 5.26. The van der Waals surface area contributed by atoms with Gasteiger partial charge in [-0.15, -0.1) is 0 Å². The van der Waals surface area contributed by atoms with Crippen LogP contribution in [0, 0.1) is 0 Å². The van der Waals surface area contributed by atoms with Crippen LogP contribution in [0.25, 0.3) is 0 Å². The monoisotopic (exact) mass is 154 g/mol. The Bertz CT molecular complexity index is 163. The second-order valence-corrected chi connectivity index (χ2v) is 2.43. The third-order valence-electron chi connectivity index (χ3n) is 1.44. The Balaban J connectivity index is 2.15. The maximum Gasteiger partial charge on any atom is 0.0885 e. The Labute approximate surface area is 66.9 Å². The molecule has 11 heavy (non-hydrogen) atoms. The zero-order valence-electron chi connectivity index (χ0n) is 6.62. The lowest BCUT2D eigenvalue weighted by Crippen LogP contribution is -2.10. The van der Waals surface area contributed by atoms with Gasteiger partial charge in [-0.2, -0.15) is 0 Å². The van der Waals surface area contributed by atoms with Gasteiger partial charge in [0, 0.05) is 12.8 Å². The van der Waals surface area contributed by atoms with Crippen LogP contribution in [0.2, 0.25) is 0 Å². The standard InChI is InChI=1S/C8H14N2O/c9-4-6-11-7-8-3-1-2-5-10-8/h3,5H,1-2,4,6-7,9H2. The molecule has 1 aliphatic heterocycles. The number of allylic oxidation sites excluding steroid dienone is 1. The summed E-state index contributed by atoms with van der Waals surface area (Å²) >= 11 is 0. The molecule has 0 saturated carbocycles. The van der Waals surface area contributed by atoms with Crippen molar-refractivity contribution in [2.45, 2.75) is 12.8 Å². The van der Waals surface area contributed by atoms with E-state index in [9.17, 15) is 0 Å². The van der Waals surface area contributed by atoms with Gasteiger partial charge in [0.05, 0.1) is 18.9 Å². The summed E-state index contributed by atoms with van der Waals surface area (Å²) < 4.78 is 5.22. The number of ether oxygens (including phenoxy) is 1. The molecule has 1 rings (SSSR count). The van der Waals surface area contributed by atoms with Crippen LogP contribution in [-0.4, -0.2) is 26.0 Å². The summed E-state index contributed by atoms with van der Waals surface area (Å²) in [5.74, 6) is 0. The fraction of sp³-hybridized carbons (Fsp3) is 0.625. The molecule has 0 saturated heterocycles. The van der Waals surface area contributed by atoms with Crippen molar-refractivity contribution in [2.24, 2.45) is 10.7 Å². The molecule has 0 radical (unpaired) electrons. The highest BCUT2D eigenvalue weighted by atomic mass is 16.5. The summed E-state index contributed by atoms with van der Waals surface area (Å²) in [4.78, 5) is 4.17. The van der Waals surface area contributed by atoms with Gasteiger partial charge in [0.1, 0.15) is 0 Å². The molecule has 0 aliphatic carbocycles. The Morgan fingerprint density at radius 3 is 3.09 bits per heavy atom. The first-order valence-corrected chi connectivity index (χ1v) is 3.93. The van der Waals surface area contributed by atoms with E-state index in [4.69, 9.17) is 10.5 Å². The van der Waals surface area contributed by atoms with Crippen molar-refractivity contribution >= 4 is 6.21 Å². The van der Waals surface area contributed by atoms with E-state index in [0.29, 0.717) is 19.8 Å². The summed E-state index contributed by atoms with van der Waals surface area (Å²) in [5.41, 5.74) is 6.29. The van der Waals surface area contributed by atoms with Crippen molar-refractivity contribution < 1.29 is 4.74 Å². The highest BCUT2D eigenvalue weighted by molar-refractivity contribution is 5.60. The van der Waals surface area contributed by atoms with Crippen LogP contribution in [0.4, 0.5) is 0 Å². The Morgan fingerprint density at radius 1 is 1.55 bits per heavy atom. The van der Waals surface area contributed by atoms with E-state index in [1.54, 1.807) is 0 Å². The summed E-state index contributed by atoms with van der Waals surface area (Å²) in [6.45, 7) is 1.80. The van der Waals surface area contributed by atoms with E-state index in [1.807, 2.05) is 6.21 Å². The molecular weight excluding hydrogens is 140 g/mol. The number of aliphatic imine (C=N–C) groups is 1. The lowest BCUT2D eigenvalue weighted by Gasteiger charge is -2.05. The first kappa shape index (κ1) is 8.43. The third kappa shape index (κ3) is 3.30. The van der Waals surface area contributed by atoms with Gasteiger partial charge in [0.25, 0.3) is 0 Å². The Hall–Kier alpha value is -0.670. The largest absolute Gasteiger partial charge is 0.374 e. The Morgan fingerprint density at radius 2 is 2.45 bits per heavy atom. The zero-order chi connectivity index (χ0) is 7.94. The molecule has 0 bridgehead atoms. The molecule has 0 aromatic carbocycles. The summed E-state index contributed by atoms with van der Waals surface area (Å²) in [5, 5.41) is 0. The predicted octanol–water partition coefficient (Wildman–Crippen LogP) is 0.710. The highest BCUT2D eigenvalue weighted by Crippen LogP contribution is 2.05. The molecule has 0 atom stereocenters. The summed E-state index contributed by atoms with van der Waals surface area (Å²) in [6, 6.07) is 0. The number of nitrogens with two attached hydrogens (primary N) is 1. The van der Waals surface area contributed by atoms with Crippen molar-refractivity contribution in [2.75, 3.05) is 19.8 Å². The molecule has 0 aromatic heterocycles. The van der Waals surface area contributed by atoms with Gasteiger partial charge in [0.2, 0.25) is 0 Å². The van der Waals surface area contributed by atoms with E-state index in [2.05, 4.69) is 11.1 Å². The molecule has 0 fully saturated rings. The molecule has 0 unspecified atom stereocenters. The van der Waals surface area contributed by atoms with E-state index in [0.717, 1.165) is 18.5 Å². The topological polar surface area (TPSA) is 47.6 Å². The second kappa shape index (κ2) is 5.04. The van der Waals surface area contributed by atoms with Gasteiger partial charge in [-0.1, -0.05) is 6.08 Å². The molecule has 0 amide bonds.